The number of carbonyl (C=O) groups is 1. The molecule has 2 aromatic carbocycles. The number of methoxy groups -OCH3 is 1. The number of fused-ring (bicyclic) bond motifs is 1. The molecule has 1 amide bonds. The molecular formula is C17H14Cl2N2O3S. The van der Waals surface area contributed by atoms with Gasteiger partial charge in [-0.25, -0.2) is 4.98 Å². The lowest BCUT2D eigenvalue weighted by Gasteiger charge is -2.07. The molecule has 0 atom stereocenters. The predicted molar refractivity (Wildman–Crippen MR) is 102 cm³/mol. The summed E-state index contributed by atoms with van der Waals surface area (Å²) < 4.78 is 11.4. The van der Waals surface area contributed by atoms with Crippen molar-refractivity contribution in [3.05, 3.63) is 45.9 Å². The molecular weight excluding hydrogens is 383 g/mol. The van der Waals surface area contributed by atoms with E-state index in [0.717, 1.165) is 4.70 Å². The van der Waals surface area contributed by atoms with Crippen molar-refractivity contribution in [2.24, 2.45) is 0 Å². The molecule has 0 saturated carbocycles. The number of halogens is 2. The van der Waals surface area contributed by atoms with Crippen LogP contribution in [0.4, 0.5) is 5.13 Å². The van der Waals surface area contributed by atoms with Gasteiger partial charge in [0.05, 0.1) is 34.0 Å². The van der Waals surface area contributed by atoms with Crippen molar-refractivity contribution in [3.63, 3.8) is 0 Å². The van der Waals surface area contributed by atoms with Crippen molar-refractivity contribution in [2.45, 2.75) is 6.92 Å². The summed E-state index contributed by atoms with van der Waals surface area (Å²) in [5.41, 5.74) is 1.11. The molecule has 0 aliphatic carbocycles. The molecule has 1 heterocycles. The van der Waals surface area contributed by atoms with Crippen LogP contribution in [-0.4, -0.2) is 24.6 Å². The normalized spacial score (nSPS) is 10.7. The zero-order valence-electron chi connectivity index (χ0n) is 13.4. The molecule has 0 aliphatic heterocycles. The fourth-order valence-electron chi connectivity index (χ4n) is 2.22. The van der Waals surface area contributed by atoms with Gasteiger partial charge in [-0.15, -0.1) is 0 Å². The van der Waals surface area contributed by atoms with E-state index in [1.54, 1.807) is 37.4 Å². The first-order valence-corrected chi connectivity index (χ1v) is 8.96. The van der Waals surface area contributed by atoms with E-state index in [9.17, 15) is 4.79 Å². The SMILES string of the molecule is CCOc1ccc(C(=O)Nc2nc3cc(Cl)c(OC)cc3s2)cc1Cl. The molecule has 1 N–H and O–H groups in total. The monoisotopic (exact) mass is 396 g/mol. The number of nitrogens with one attached hydrogen (secondary N) is 1. The summed E-state index contributed by atoms with van der Waals surface area (Å²) in [6.45, 7) is 2.37. The Labute approximate surface area is 158 Å². The number of amides is 1. The van der Waals surface area contributed by atoms with E-state index in [1.807, 2.05) is 6.92 Å². The molecule has 0 spiro atoms. The number of hydrogen-bond donors (Lipinski definition) is 1. The van der Waals surface area contributed by atoms with Gasteiger partial charge in [-0.2, -0.15) is 0 Å². The van der Waals surface area contributed by atoms with E-state index in [2.05, 4.69) is 10.3 Å². The molecule has 25 heavy (non-hydrogen) atoms. The Morgan fingerprint density at radius 2 is 1.96 bits per heavy atom. The molecule has 0 unspecified atom stereocenters. The number of aromatic nitrogens is 1. The molecule has 0 bridgehead atoms. The van der Waals surface area contributed by atoms with Crippen molar-refractivity contribution in [1.82, 2.24) is 4.98 Å². The molecule has 3 rings (SSSR count). The van der Waals surface area contributed by atoms with E-state index in [-0.39, 0.29) is 5.91 Å². The van der Waals surface area contributed by atoms with Crippen molar-refractivity contribution in [3.8, 4) is 11.5 Å². The molecule has 3 aromatic rings. The number of nitrogens with zero attached hydrogens (tertiary/aromatic N) is 1. The summed E-state index contributed by atoms with van der Waals surface area (Å²) in [6.07, 6.45) is 0. The first-order chi connectivity index (χ1) is 12.0. The zero-order valence-corrected chi connectivity index (χ0v) is 15.8. The fourth-order valence-corrected chi connectivity index (χ4v) is 3.56. The maximum Gasteiger partial charge on any atom is 0.257 e. The lowest BCUT2D eigenvalue weighted by Crippen LogP contribution is -2.11. The van der Waals surface area contributed by atoms with Gasteiger partial charge in [-0.05, 0) is 31.2 Å². The minimum absolute atomic E-state index is 0.304. The van der Waals surface area contributed by atoms with Gasteiger partial charge < -0.3 is 9.47 Å². The number of hydrogen-bond acceptors (Lipinski definition) is 5. The van der Waals surface area contributed by atoms with Gasteiger partial charge in [0.25, 0.3) is 5.91 Å². The van der Waals surface area contributed by atoms with E-state index < -0.39 is 0 Å². The topological polar surface area (TPSA) is 60.5 Å². The smallest absolute Gasteiger partial charge is 0.257 e. The highest BCUT2D eigenvalue weighted by Crippen LogP contribution is 2.34. The largest absolute Gasteiger partial charge is 0.495 e. The molecule has 8 heteroatoms. The molecule has 1 aromatic heterocycles. The summed E-state index contributed by atoms with van der Waals surface area (Å²) in [5, 5.41) is 4.09. The minimum Gasteiger partial charge on any atom is -0.495 e. The second-order valence-electron chi connectivity index (χ2n) is 5.01. The van der Waals surface area contributed by atoms with Crippen LogP contribution in [0.2, 0.25) is 10.0 Å². The van der Waals surface area contributed by atoms with E-state index in [1.165, 1.54) is 11.3 Å². The zero-order chi connectivity index (χ0) is 18.0. The Bertz CT molecular complexity index is 943. The molecule has 5 nitrogen and oxygen atoms in total. The van der Waals surface area contributed by atoms with Crippen LogP contribution in [0.15, 0.2) is 30.3 Å². The Balaban J connectivity index is 1.83. The lowest BCUT2D eigenvalue weighted by molar-refractivity contribution is 0.102. The Morgan fingerprint density at radius 1 is 1.20 bits per heavy atom. The van der Waals surface area contributed by atoms with Crippen molar-refractivity contribution in [2.75, 3.05) is 19.0 Å². The average Bonchev–Trinajstić information content (AvgIpc) is 2.96. The van der Waals surface area contributed by atoms with Crippen LogP contribution in [0.1, 0.15) is 17.3 Å². The third-order valence-corrected chi connectivity index (χ3v) is 4.90. The number of thiazole rings is 1. The highest BCUT2D eigenvalue weighted by atomic mass is 35.5. The third kappa shape index (κ3) is 3.81. The van der Waals surface area contributed by atoms with E-state index in [4.69, 9.17) is 32.7 Å². The minimum atomic E-state index is -0.304. The van der Waals surface area contributed by atoms with Crippen LogP contribution in [0.25, 0.3) is 10.2 Å². The Morgan fingerprint density at radius 3 is 2.64 bits per heavy atom. The first kappa shape index (κ1) is 17.8. The number of anilines is 1. The molecule has 0 saturated heterocycles. The second-order valence-corrected chi connectivity index (χ2v) is 6.85. The van der Waals surface area contributed by atoms with Crippen LogP contribution in [0.5, 0.6) is 11.5 Å². The van der Waals surface area contributed by atoms with Crippen LogP contribution in [0, 0.1) is 0 Å². The van der Waals surface area contributed by atoms with E-state index in [0.29, 0.717) is 44.4 Å². The van der Waals surface area contributed by atoms with Crippen LogP contribution in [-0.2, 0) is 0 Å². The van der Waals surface area contributed by atoms with Crippen molar-refractivity contribution < 1.29 is 14.3 Å². The molecule has 130 valence electrons. The van der Waals surface area contributed by atoms with Gasteiger partial charge in [-0.3, -0.25) is 10.1 Å². The summed E-state index contributed by atoms with van der Waals surface area (Å²) in [6, 6.07) is 8.38. The number of rotatable bonds is 5. The third-order valence-electron chi connectivity index (χ3n) is 3.38. The molecule has 0 fully saturated rings. The number of ether oxygens (including phenoxy) is 2. The number of benzene rings is 2. The standard InChI is InChI=1S/C17H14Cl2N2O3S/c1-3-24-13-5-4-9(6-10(13)18)16(22)21-17-20-12-7-11(19)14(23-2)8-15(12)25-17/h4-8H,3H2,1-2H3,(H,20,21,22). The fraction of sp³-hybridized carbons (Fsp3) is 0.176. The Kier molecular flexibility index (Phi) is 5.32. The van der Waals surface area contributed by atoms with Crippen molar-refractivity contribution >= 4 is 55.8 Å². The highest BCUT2D eigenvalue weighted by molar-refractivity contribution is 7.22. The van der Waals surface area contributed by atoms with Crippen LogP contribution < -0.4 is 14.8 Å². The van der Waals surface area contributed by atoms with Gasteiger partial charge >= 0.3 is 0 Å². The average molecular weight is 397 g/mol. The summed E-state index contributed by atoms with van der Waals surface area (Å²) in [5.74, 6) is 0.804. The quantitative estimate of drug-likeness (QED) is 0.638. The Hall–Kier alpha value is -2.02. The summed E-state index contributed by atoms with van der Waals surface area (Å²) in [4.78, 5) is 16.8. The summed E-state index contributed by atoms with van der Waals surface area (Å²) in [7, 11) is 1.55. The van der Waals surface area contributed by atoms with Gasteiger partial charge in [0, 0.05) is 11.6 Å². The second kappa shape index (κ2) is 7.47. The maximum atomic E-state index is 12.4. The molecule has 0 aliphatic rings. The number of carbonyl (C=O) groups excluding carboxylic acids is 1. The summed E-state index contributed by atoms with van der Waals surface area (Å²) >= 11 is 13.6. The van der Waals surface area contributed by atoms with Gasteiger partial charge in [-0.1, -0.05) is 34.5 Å². The van der Waals surface area contributed by atoms with Gasteiger partial charge in [0.1, 0.15) is 11.5 Å². The van der Waals surface area contributed by atoms with Gasteiger partial charge in [0.2, 0.25) is 0 Å². The van der Waals surface area contributed by atoms with E-state index >= 15 is 0 Å². The molecule has 0 radical (unpaired) electrons. The van der Waals surface area contributed by atoms with Crippen LogP contribution >= 0.6 is 34.5 Å². The maximum absolute atomic E-state index is 12.4. The van der Waals surface area contributed by atoms with Gasteiger partial charge in [0.15, 0.2) is 5.13 Å². The van der Waals surface area contributed by atoms with Crippen molar-refractivity contribution in [1.29, 1.82) is 0 Å². The first-order valence-electron chi connectivity index (χ1n) is 7.39. The highest BCUT2D eigenvalue weighted by Gasteiger charge is 2.14. The van der Waals surface area contributed by atoms with Crippen LogP contribution in [0.3, 0.4) is 0 Å². The predicted octanol–water partition coefficient (Wildman–Crippen LogP) is 5.26. The lowest BCUT2D eigenvalue weighted by atomic mass is 10.2.